The minimum Gasteiger partial charge on any atom is -0.462 e. The quantitative estimate of drug-likeness (QED) is 0.0222. The van der Waals surface area contributed by atoms with E-state index in [4.69, 9.17) is 37.0 Å². The lowest BCUT2D eigenvalue weighted by Crippen LogP contribution is -2.30. The molecule has 0 saturated heterocycles. The Kier molecular flexibility index (Phi) is 58.5. The highest BCUT2D eigenvalue weighted by Gasteiger charge is 2.30. The number of aliphatic hydroxyl groups excluding tert-OH is 1. The molecule has 0 amide bonds. The van der Waals surface area contributed by atoms with Gasteiger partial charge in [-0.3, -0.25) is 37.3 Å². The standard InChI is InChI=1S/C70H136O17P2/c1-60(2)46-38-30-22-15-11-9-10-12-18-28-36-44-52-69(74)86-65(56-80-67(72)50-42-34-26-17-14-13-16-23-31-39-47-61(3)4)58-84-88(76,77)82-54-64(71)55-83-89(78,79)85-59-66(87-70(75)53-45-37-29-21-25-33-41-49-63(7)8)57-81-68(73)51-43-35-27-20-19-24-32-40-48-62(5)6/h60-66,71H,9-59H2,1-8H3,(H,76,77)(H,78,79)/t64?,65-,66-/m1/s1. The highest BCUT2D eigenvalue weighted by atomic mass is 31.2. The molecule has 0 aromatic rings. The van der Waals surface area contributed by atoms with Crippen molar-refractivity contribution < 1.29 is 80.2 Å². The van der Waals surface area contributed by atoms with Crippen molar-refractivity contribution >= 4 is 39.5 Å². The van der Waals surface area contributed by atoms with Crippen molar-refractivity contribution in [3.05, 3.63) is 0 Å². The maximum atomic E-state index is 13.0. The topological polar surface area (TPSA) is 237 Å². The van der Waals surface area contributed by atoms with Crippen LogP contribution in [0.2, 0.25) is 0 Å². The van der Waals surface area contributed by atoms with E-state index in [2.05, 4.69) is 55.4 Å². The van der Waals surface area contributed by atoms with E-state index in [0.717, 1.165) is 108 Å². The smallest absolute Gasteiger partial charge is 0.462 e. The van der Waals surface area contributed by atoms with Crippen molar-refractivity contribution in [3.63, 3.8) is 0 Å². The Labute approximate surface area is 543 Å². The van der Waals surface area contributed by atoms with Crippen LogP contribution in [0.15, 0.2) is 0 Å². The van der Waals surface area contributed by atoms with Gasteiger partial charge in [0.1, 0.15) is 19.3 Å². The summed E-state index contributed by atoms with van der Waals surface area (Å²) in [4.78, 5) is 72.5. The van der Waals surface area contributed by atoms with Gasteiger partial charge in [-0.05, 0) is 49.4 Å². The molecule has 0 fully saturated rings. The highest BCUT2D eigenvalue weighted by molar-refractivity contribution is 7.47. The molecule has 19 heteroatoms. The Morgan fingerprint density at radius 3 is 0.697 bits per heavy atom. The summed E-state index contributed by atoms with van der Waals surface area (Å²) in [7, 11) is -9.90. The molecule has 3 N–H and O–H groups in total. The van der Waals surface area contributed by atoms with Gasteiger partial charge in [0, 0.05) is 25.7 Å². The van der Waals surface area contributed by atoms with Crippen LogP contribution < -0.4 is 0 Å². The summed E-state index contributed by atoms with van der Waals surface area (Å²) in [5.74, 6) is 0.826. The fourth-order valence-electron chi connectivity index (χ4n) is 10.5. The van der Waals surface area contributed by atoms with Crippen LogP contribution >= 0.6 is 15.6 Å². The molecular weight excluding hydrogens is 1170 g/mol. The predicted octanol–water partition coefficient (Wildman–Crippen LogP) is 19.7. The average molecular weight is 1310 g/mol. The lowest BCUT2D eigenvalue weighted by molar-refractivity contribution is -0.161. The molecule has 0 spiro atoms. The van der Waals surface area contributed by atoms with E-state index in [1.807, 2.05) is 0 Å². The normalized spacial score (nSPS) is 14.3. The zero-order chi connectivity index (χ0) is 66.1. The van der Waals surface area contributed by atoms with E-state index < -0.39 is 97.5 Å². The summed E-state index contributed by atoms with van der Waals surface area (Å²) in [5.41, 5.74) is 0. The maximum absolute atomic E-state index is 13.0. The minimum absolute atomic E-state index is 0.102. The molecule has 0 heterocycles. The molecular formula is C70H136O17P2. The Hall–Kier alpha value is -1.94. The molecule has 0 radical (unpaired) electrons. The number of ether oxygens (including phenoxy) is 4. The second kappa shape index (κ2) is 59.8. The molecule has 5 atom stereocenters. The zero-order valence-corrected chi connectivity index (χ0v) is 59.8. The predicted molar refractivity (Wildman–Crippen MR) is 358 cm³/mol. The lowest BCUT2D eigenvalue weighted by Gasteiger charge is -2.21. The van der Waals surface area contributed by atoms with Crippen LogP contribution in [0.5, 0.6) is 0 Å². The largest absolute Gasteiger partial charge is 0.472 e. The maximum Gasteiger partial charge on any atom is 0.472 e. The van der Waals surface area contributed by atoms with Crippen LogP contribution in [0.25, 0.3) is 0 Å². The zero-order valence-electron chi connectivity index (χ0n) is 58.1. The Morgan fingerprint density at radius 1 is 0.281 bits per heavy atom. The Morgan fingerprint density at radius 2 is 0.472 bits per heavy atom. The number of rotatable bonds is 67. The number of hydrogen-bond acceptors (Lipinski definition) is 15. The van der Waals surface area contributed by atoms with E-state index in [1.54, 1.807) is 0 Å². The molecule has 0 saturated carbocycles. The van der Waals surface area contributed by atoms with E-state index >= 15 is 0 Å². The van der Waals surface area contributed by atoms with Crippen LogP contribution in [-0.2, 0) is 65.4 Å². The molecule has 3 unspecified atom stereocenters. The number of carbonyl (C=O) groups is 4. The highest BCUT2D eigenvalue weighted by Crippen LogP contribution is 2.45. The van der Waals surface area contributed by atoms with Crippen molar-refractivity contribution in [3.8, 4) is 0 Å². The molecule has 0 bridgehead atoms. The second-order valence-corrected chi connectivity index (χ2v) is 30.1. The van der Waals surface area contributed by atoms with Gasteiger partial charge in [0.25, 0.3) is 0 Å². The van der Waals surface area contributed by atoms with Gasteiger partial charge in [-0.25, -0.2) is 9.13 Å². The van der Waals surface area contributed by atoms with Crippen LogP contribution in [-0.4, -0.2) is 96.7 Å². The van der Waals surface area contributed by atoms with Crippen molar-refractivity contribution in [2.24, 2.45) is 23.7 Å². The van der Waals surface area contributed by atoms with Crippen LogP contribution in [0.3, 0.4) is 0 Å². The molecule has 0 aromatic heterocycles. The van der Waals surface area contributed by atoms with Crippen LogP contribution in [0.1, 0.15) is 344 Å². The first-order valence-corrected chi connectivity index (χ1v) is 39.2. The number of carbonyl (C=O) groups excluding carboxylic acids is 4. The number of phosphoric ester groups is 2. The Balaban J connectivity index is 5.25. The molecule has 89 heavy (non-hydrogen) atoms. The van der Waals surface area contributed by atoms with Gasteiger partial charge < -0.3 is 33.8 Å². The molecule has 0 aliphatic heterocycles. The number of phosphoric acid groups is 2. The van der Waals surface area contributed by atoms with Crippen LogP contribution in [0.4, 0.5) is 0 Å². The van der Waals surface area contributed by atoms with E-state index in [9.17, 15) is 43.2 Å². The summed E-state index contributed by atoms with van der Waals surface area (Å²) < 4.78 is 68.3. The summed E-state index contributed by atoms with van der Waals surface area (Å²) in [6, 6.07) is 0. The number of hydrogen-bond donors (Lipinski definition) is 3. The molecule has 0 aromatic carbocycles. The summed E-state index contributed by atoms with van der Waals surface area (Å²) >= 11 is 0. The molecule has 0 rings (SSSR count). The summed E-state index contributed by atoms with van der Waals surface area (Å²) in [6.07, 6.45) is 41.8. The monoisotopic (exact) mass is 1310 g/mol. The third-order valence-electron chi connectivity index (χ3n) is 16.1. The van der Waals surface area contributed by atoms with Crippen molar-refractivity contribution in [1.29, 1.82) is 0 Å². The molecule has 0 aliphatic carbocycles. The van der Waals surface area contributed by atoms with Gasteiger partial charge in [-0.1, -0.05) is 293 Å². The molecule has 528 valence electrons. The Bertz CT molecular complexity index is 1760. The van der Waals surface area contributed by atoms with Gasteiger partial charge in [0.15, 0.2) is 12.2 Å². The first-order valence-electron chi connectivity index (χ1n) is 36.2. The van der Waals surface area contributed by atoms with E-state index in [1.165, 1.54) is 148 Å². The lowest BCUT2D eigenvalue weighted by atomic mass is 10.0. The van der Waals surface area contributed by atoms with E-state index in [-0.39, 0.29) is 25.7 Å². The number of aliphatic hydroxyl groups is 1. The molecule has 17 nitrogen and oxygen atoms in total. The third kappa shape index (κ3) is 64.6. The third-order valence-corrected chi connectivity index (χ3v) is 18.0. The second-order valence-electron chi connectivity index (χ2n) is 27.2. The van der Waals surface area contributed by atoms with Crippen molar-refractivity contribution in [1.82, 2.24) is 0 Å². The average Bonchev–Trinajstić information content (AvgIpc) is 3.59. The van der Waals surface area contributed by atoms with Crippen molar-refractivity contribution in [2.45, 2.75) is 363 Å². The van der Waals surface area contributed by atoms with Gasteiger partial charge in [0.05, 0.1) is 26.4 Å². The van der Waals surface area contributed by atoms with Crippen molar-refractivity contribution in [2.75, 3.05) is 39.6 Å². The number of unbranched alkanes of at least 4 members (excludes halogenated alkanes) is 33. The first kappa shape index (κ1) is 87.1. The fourth-order valence-corrected chi connectivity index (χ4v) is 12.1. The minimum atomic E-state index is -4.95. The first-order chi connectivity index (χ1) is 42.6. The van der Waals surface area contributed by atoms with Gasteiger partial charge in [-0.15, -0.1) is 0 Å². The summed E-state index contributed by atoms with van der Waals surface area (Å²) in [5, 5.41) is 10.6. The SMILES string of the molecule is CC(C)CCCCCCCCCCCCCCC(=O)O[C@H](COC(=O)CCCCCCCCCCCCC(C)C)COP(=O)(O)OCC(O)COP(=O)(O)OC[C@@H](COC(=O)CCCCCCCCCCC(C)C)OC(=O)CCCCCCCCCC(C)C. The molecule has 0 aliphatic rings. The van der Waals surface area contributed by atoms with Gasteiger partial charge in [0.2, 0.25) is 0 Å². The number of esters is 4. The van der Waals surface area contributed by atoms with E-state index in [0.29, 0.717) is 31.6 Å². The fraction of sp³-hybridized carbons (Fsp3) is 0.943. The summed E-state index contributed by atoms with van der Waals surface area (Å²) in [6.45, 7) is 14.1. The van der Waals surface area contributed by atoms with Gasteiger partial charge in [-0.2, -0.15) is 0 Å². The van der Waals surface area contributed by atoms with Gasteiger partial charge >= 0.3 is 39.5 Å². The van der Waals surface area contributed by atoms with Crippen LogP contribution in [0, 0.1) is 23.7 Å².